The third-order valence-electron chi connectivity index (χ3n) is 3.66. The van der Waals surface area contributed by atoms with Gasteiger partial charge in [0.15, 0.2) is 0 Å². The Hall–Kier alpha value is -2.64. The van der Waals surface area contributed by atoms with Crippen molar-refractivity contribution >= 4 is 10.0 Å². The summed E-state index contributed by atoms with van der Waals surface area (Å²) in [5, 5.41) is 8.87. The van der Waals surface area contributed by atoms with Crippen LogP contribution in [0.15, 0.2) is 47.6 Å². The van der Waals surface area contributed by atoms with Gasteiger partial charge in [0.25, 0.3) is 0 Å². The lowest BCUT2D eigenvalue weighted by molar-refractivity contribution is -0.274. The number of hydrogen-bond acceptors (Lipinski definition) is 5. The van der Waals surface area contributed by atoms with Gasteiger partial charge in [0.05, 0.1) is 5.56 Å². The van der Waals surface area contributed by atoms with Crippen molar-refractivity contribution in [2.45, 2.75) is 24.2 Å². The van der Waals surface area contributed by atoms with Gasteiger partial charge in [-0.3, -0.25) is 4.98 Å². The standard InChI is InChI=1S/C16H14F3N3O3S/c1-11(13-3-5-14(6-4-13)25-16(17,18)19)22(2)26(23,24)15-7-12(8-20)9-21-10-15/h3-7,9-11H,1-2H3/t11-/m0/s1. The Bertz CT molecular complexity index is 922. The Morgan fingerprint density at radius 2 is 1.85 bits per heavy atom. The van der Waals surface area contributed by atoms with Crippen LogP contribution < -0.4 is 4.74 Å². The number of rotatable bonds is 5. The molecule has 0 saturated heterocycles. The molecule has 6 nitrogen and oxygen atoms in total. The van der Waals surface area contributed by atoms with Crippen molar-refractivity contribution in [3.63, 3.8) is 0 Å². The Kier molecular flexibility index (Phi) is 5.53. The second kappa shape index (κ2) is 7.31. The molecule has 0 aliphatic carbocycles. The lowest BCUT2D eigenvalue weighted by Crippen LogP contribution is -2.30. The van der Waals surface area contributed by atoms with Gasteiger partial charge >= 0.3 is 6.36 Å². The maximum atomic E-state index is 12.7. The van der Waals surface area contributed by atoms with Crippen LogP contribution in [-0.4, -0.2) is 31.1 Å². The largest absolute Gasteiger partial charge is 0.573 e. The van der Waals surface area contributed by atoms with Crippen LogP contribution in [0, 0.1) is 11.3 Å². The number of ether oxygens (including phenoxy) is 1. The molecule has 2 aromatic rings. The number of alkyl halides is 3. The quantitative estimate of drug-likeness (QED) is 0.789. The number of hydrogen-bond donors (Lipinski definition) is 0. The second-order valence-corrected chi connectivity index (χ2v) is 7.33. The van der Waals surface area contributed by atoms with Crippen molar-refractivity contribution in [1.82, 2.24) is 9.29 Å². The zero-order chi connectivity index (χ0) is 19.5. The second-order valence-electron chi connectivity index (χ2n) is 5.34. The van der Waals surface area contributed by atoms with E-state index in [2.05, 4.69) is 9.72 Å². The number of sulfonamides is 1. The summed E-state index contributed by atoms with van der Waals surface area (Å²) in [5.74, 6) is -0.398. The molecule has 0 aliphatic heterocycles. The van der Waals surface area contributed by atoms with Crippen LogP contribution in [0.4, 0.5) is 13.2 Å². The molecular formula is C16H14F3N3O3S. The lowest BCUT2D eigenvalue weighted by atomic mass is 10.1. The summed E-state index contributed by atoms with van der Waals surface area (Å²) in [7, 11) is -2.62. The van der Waals surface area contributed by atoms with Crippen LogP contribution in [0.1, 0.15) is 24.1 Å². The summed E-state index contributed by atoms with van der Waals surface area (Å²) in [6, 6.07) is 7.25. The van der Waals surface area contributed by atoms with Gasteiger partial charge < -0.3 is 4.74 Å². The minimum absolute atomic E-state index is 0.0979. The summed E-state index contributed by atoms with van der Waals surface area (Å²) >= 11 is 0. The molecule has 1 aromatic heterocycles. The SMILES string of the molecule is C[C@@H](c1ccc(OC(F)(F)F)cc1)N(C)S(=O)(=O)c1cncc(C#N)c1. The zero-order valence-corrected chi connectivity index (χ0v) is 14.5. The lowest BCUT2D eigenvalue weighted by Gasteiger charge is -2.24. The van der Waals surface area contributed by atoms with Crippen molar-refractivity contribution in [2.75, 3.05) is 7.05 Å². The Morgan fingerprint density at radius 1 is 1.23 bits per heavy atom. The molecule has 0 aliphatic rings. The smallest absolute Gasteiger partial charge is 0.406 e. The maximum absolute atomic E-state index is 12.7. The van der Waals surface area contributed by atoms with E-state index < -0.39 is 28.2 Å². The first-order valence-electron chi connectivity index (χ1n) is 7.23. The molecule has 0 bridgehead atoms. The fourth-order valence-corrected chi connectivity index (χ4v) is 3.49. The normalized spacial score (nSPS) is 13.3. The van der Waals surface area contributed by atoms with Gasteiger partial charge in [-0.1, -0.05) is 12.1 Å². The van der Waals surface area contributed by atoms with E-state index in [1.807, 2.05) is 6.07 Å². The predicted molar refractivity (Wildman–Crippen MR) is 85.4 cm³/mol. The summed E-state index contributed by atoms with van der Waals surface area (Å²) < 4.78 is 66.8. The van der Waals surface area contributed by atoms with E-state index in [-0.39, 0.29) is 10.5 Å². The number of nitriles is 1. The van der Waals surface area contributed by atoms with E-state index >= 15 is 0 Å². The highest BCUT2D eigenvalue weighted by atomic mass is 32.2. The van der Waals surface area contributed by atoms with E-state index in [0.29, 0.717) is 5.56 Å². The number of pyridine rings is 1. The molecule has 1 atom stereocenters. The highest BCUT2D eigenvalue weighted by Crippen LogP contribution is 2.28. The average molecular weight is 385 g/mol. The van der Waals surface area contributed by atoms with E-state index in [4.69, 9.17) is 5.26 Å². The van der Waals surface area contributed by atoms with Crippen molar-refractivity contribution in [2.24, 2.45) is 0 Å². The summed E-state index contributed by atoms with van der Waals surface area (Å²) in [4.78, 5) is 3.58. The van der Waals surface area contributed by atoms with Crippen LogP contribution in [-0.2, 0) is 10.0 Å². The highest BCUT2D eigenvalue weighted by molar-refractivity contribution is 7.89. The van der Waals surface area contributed by atoms with E-state index in [0.717, 1.165) is 22.6 Å². The molecule has 26 heavy (non-hydrogen) atoms. The molecule has 138 valence electrons. The third kappa shape index (κ3) is 4.50. The van der Waals surface area contributed by atoms with Gasteiger partial charge in [-0.15, -0.1) is 13.2 Å². The maximum Gasteiger partial charge on any atom is 0.573 e. The summed E-state index contributed by atoms with van der Waals surface area (Å²) in [5.41, 5.74) is 0.566. The fourth-order valence-electron chi connectivity index (χ4n) is 2.15. The minimum Gasteiger partial charge on any atom is -0.406 e. The molecule has 0 fully saturated rings. The first-order chi connectivity index (χ1) is 12.0. The predicted octanol–water partition coefficient (Wildman–Crippen LogP) is 3.23. The number of halogens is 3. The van der Waals surface area contributed by atoms with Crippen molar-refractivity contribution in [1.29, 1.82) is 5.26 Å². The number of nitrogens with zero attached hydrogens (tertiary/aromatic N) is 3. The van der Waals surface area contributed by atoms with Gasteiger partial charge in [0, 0.05) is 25.5 Å². The van der Waals surface area contributed by atoms with Crippen LogP contribution in [0.25, 0.3) is 0 Å². The number of benzene rings is 1. The van der Waals surface area contributed by atoms with Crippen LogP contribution >= 0.6 is 0 Å². The van der Waals surface area contributed by atoms with Crippen molar-refractivity contribution in [3.8, 4) is 11.8 Å². The molecule has 1 aromatic carbocycles. The van der Waals surface area contributed by atoms with Crippen LogP contribution in [0.2, 0.25) is 0 Å². The zero-order valence-electron chi connectivity index (χ0n) is 13.7. The topological polar surface area (TPSA) is 83.3 Å². The average Bonchev–Trinajstić information content (AvgIpc) is 2.59. The Balaban J connectivity index is 2.25. The van der Waals surface area contributed by atoms with E-state index in [9.17, 15) is 21.6 Å². The van der Waals surface area contributed by atoms with Crippen LogP contribution in [0.3, 0.4) is 0 Å². The van der Waals surface area contributed by atoms with Gasteiger partial charge in [-0.2, -0.15) is 9.57 Å². The number of aromatic nitrogens is 1. The van der Waals surface area contributed by atoms with Crippen molar-refractivity contribution < 1.29 is 26.3 Å². The molecule has 0 saturated carbocycles. The molecule has 0 unspecified atom stereocenters. The minimum atomic E-state index is -4.80. The first-order valence-corrected chi connectivity index (χ1v) is 8.67. The Labute approximate surface area is 148 Å². The molecule has 0 N–H and O–H groups in total. The van der Waals surface area contributed by atoms with Gasteiger partial charge in [-0.05, 0) is 30.7 Å². The third-order valence-corrected chi connectivity index (χ3v) is 5.55. The molecule has 0 amide bonds. The van der Waals surface area contributed by atoms with Gasteiger partial charge in [0.2, 0.25) is 10.0 Å². The molecule has 0 spiro atoms. The van der Waals surface area contributed by atoms with Gasteiger partial charge in [0.1, 0.15) is 16.7 Å². The van der Waals surface area contributed by atoms with Crippen molar-refractivity contribution in [3.05, 3.63) is 53.9 Å². The van der Waals surface area contributed by atoms with E-state index in [1.54, 1.807) is 6.92 Å². The highest BCUT2D eigenvalue weighted by Gasteiger charge is 2.31. The summed E-state index contributed by atoms with van der Waals surface area (Å²) in [6.07, 6.45) is -2.44. The monoisotopic (exact) mass is 385 g/mol. The molecule has 10 heteroatoms. The first kappa shape index (κ1) is 19.7. The van der Waals surface area contributed by atoms with E-state index in [1.165, 1.54) is 31.4 Å². The molecule has 1 heterocycles. The van der Waals surface area contributed by atoms with Gasteiger partial charge in [-0.25, -0.2) is 8.42 Å². The summed E-state index contributed by atoms with van der Waals surface area (Å²) in [6.45, 7) is 1.58. The molecular weight excluding hydrogens is 371 g/mol. The fraction of sp³-hybridized carbons (Fsp3) is 0.250. The molecule has 2 rings (SSSR count). The Morgan fingerprint density at radius 3 is 2.38 bits per heavy atom. The molecule has 0 radical (unpaired) electrons. The van der Waals surface area contributed by atoms with Crippen LogP contribution in [0.5, 0.6) is 5.75 Å².